The number of hydrogen-bond donors (Lipinski definition) is 1. The Morgan fingerprint density at radius 3 is 2.78 bits per heavy atom. The van der Waals surface area contributed by atoms with Gasteiger partial charge in [-0.15, -0.1) is 0 Å². The first-order valence-corrected chi connectivity index (χ1v) is 8.01. The third-order valence-corrected chi connectivity index (χ3v) is 3.87. The second kappa shape index (κ2) is 7.17. The molecule has 3 rings (SSSR count). The van der Waals surface area contributed by atoms with Crippen LogP contribution in [0.25, 0.3) is 0 Å². The van der Waals surface area contributed by atoms with Crippen molar-refractivity contribution < 1.29 is 4.79 Å². The van der Waals surface area contributed by atoms with Crippen molar-refractivity contribution in [2.75, 3.05) is 18.0 Å². The topological polar surface area (TPSA) is 71.0 Å². The van der Waals surface area contributed by atoms with Gasteiger partial charge in [0.05, 0.1) is 6.54 Å². The quantitative estimate of drug-likeness (QED) is 0.936. The maximum Gasteiger partial charge on any atom is 0.270 e. The Hall–Kier alpha value is -2.50. The zero-order chi connectivity index (χ0) is 16.1. The lowest BCUT2D eigenvalue weighted by atomic mass is 10.1. The largest absolute Gasteiger partial charge is 0.357 e. The van der Waals surface area contributed by atoms with E-state index in [0.717, 1.165) is 24.6 Å². The minimum absolute atomic E-state index is 0.213. The standard InChI is InChI=1S/C17H21N5O/c1-13-11-16(22-9-5-2-6-10-22)21-15(20-13)12-19-17(23)14-7-3-4-8-18-14/h3-4,7-8,11H,2,5-6,9-10,12H2,1H3,(H,19,23). The number of aromatic nitrogens is 3. The molecule has 23 heavy (non-hydrogen) atoms. The molecule has 0 atom stereocenters. The van der Waals surface area contributed by atoms with Crippen LogP contribution in [0.3, 0.4) is 0 Å². The Labute approximate surface area is 136 Å². The van der Waals surface area contributed by atoms with Crippen LogP contribution in [0.1, 0.15) is 41.3 Å². The normalized spacial score (nSPS) is 14.6. The number of carbonyl (C=O) groups is 1. The van der Waals surface area contributed by atoms with Gasteiger partial charge in [-0.2, -0.15) is 0 Å². The number of rotatable bonds is 4. The summed E-state index contributed by atoms with van der Waals surface area (Å²) in [5, 5.41) is 2.83. The molecule has 0 saturated carbocycles. The van der Waals surface area contributed by atoms with Crippen molar-refractivity contribution in [1.29, 1.82) is 0 Å². The first kappa shape index (κ1) is 15.4. The van der Waals surface area contributed by atoms with E-state index in [2.05, 4.69) is 25.2 Å². The van der Waals surface area contributed by atoms with Crippen LogP contribution >= 0.6 is 0 Å². The number of amides is 1. The van der Waals surface area contributed by atoms with E-state index in [1.807, 2.05) is 13.0 Å². The molecule has 120 valence electrons. The van der Waals surface area contributed by atoms with Gasteiger partial charge >= 0.3 is 0 Å². The van der Waals surface area contributed by atoms with E-state index in [9.17, 15) is 4.79 Å². The van der Waals surface area contributed by atoms with Crippen molar-refractivity contribution in [3.8, 4) is 0 Å². The fourth-order valence-corrected chi connectivity index (χ4v) is 2.72. The maximum atomic E-state index is 12.0. The van der Waals surface area contributed by atoms with Gasteiger partial charge in [-0.25, -0.2) is 9.97 Å². The average molecular weight is 311 g/mol. The van der Waals surface area contributed by atoms with E-state index in [1.165, 1.54) is 19.3 Å². The van der Waals surface area contributed by atoms with Gasteiger partial charge in [0.1, 0.15) is 17.3 Å². The first-order valence-electron chi connectivity index (χ1n) is 8.01. The van der Waals surface area contributed by atoms with Crippen molar-refractivity contribution >= 4 is 11.7 Å². The fraction of sp³-hybridized carbons (Fsp3) is 0.412. The maximum absolute atomic E-state index is 12.0. The van der Waals surface area contributed by atoms with Gasteiger partial charge in [0.15, 0.2) is 0 Å². The Morgan fingerprint density at radius 1 is 1.22 bits per heavy atom. The van der Waals surface area contributed by atoms with Gasteiger partial charge in [0, 0.05) is 31.0 Å². The van der Waals surface area contributed by atoms with Crippen molar-refractivity contribution in [3.05, 3.63) is 47.7 Å². The highest BCUT2D eigenvalue weighted by Gasteiger charge is 2.14. The van der Waals surface area contributed by atoms with Crippen LogP contribution in [0, 0.1) is 6.92 Å². The van der Waals surface area contributed by atoms with E-state index in [1.54, 1.807) is 24.4 Å². The van der Waals surface area contributed by atoms with E-state index in [0.29, 0.717) is 18.1 Å². The summed E-state index contributed by atoms with van der Waals surface area (Å²) in [7, 11) is 0. The minimum atomic E-state index is -0.213. The van der Waals surface area contributed by atoms with Crippen molar-refractivity contribution in [1.82, 2.24) is 20.3 Å². The zero-order valence-corrected chi connectivity index (χ0v) is 13.3. The van der Waals surface area contributed by atoms with Crippen LogP contribution in [0.2, 0.25) is 0 Å². The van der Waals surface area contributed by atoms with Crippen molar-refractivity contribution in [2.24, 2.45) is 0 Å². The molecule has 2 aromatic rings. The molecule has 6 nitrogen and oxygen atoms in total. The number of nitrogens with one attached hydrogen (secondary N) is 1. The minimum Gasteiger partial charge on any atom is -0.357 e. The average Bonchev–Trinajstić information content (AvgIpc) is 2.61. The molecule has 1 aliphatic heterocycles. The van der Waals surface area contributed by atoms with E-state index < -0.39 is 0 Å². The number of anilines is 1. The number of carbonyl (C=O) groups excluding carboxylic acids is 1. The molecule has 2 aromatic heterocycles. The zero-order valence-electron chi connectivity index (χ0n) is 13.3. The summed E-state index contributed by atoms with van der Waals surface area (Å²) in [4.78, 5) is 27.4. The molecule has 0 bridgehead atoms. The van der Waals surface area contributed by atoms with Crippen molar-refractivity contribution in [2.45, 2.75) is 32.7 Å². The van der Waals surface area contributed by atoms with Crippen LogP contribution in [-0.4, -0.2) is 33.9 Å². The van der Waals surface area contributed by atoms with Gasteiger partial charge in [-0.3, -0.25) is 9.78 Å². The lowest BCUT2D eigenvalue weighted by Crippen LogP contribution is -2.31. The predicted molar refractivity (Wildman–Crippen MR) is 88.2 cm³/mol. The number of pyridine rings is 1. The molecule has 1 N–H and O–H groups in total. The highest BCUT2D eigenvalue weighted by Crippen LogP contribution is 2.18. The van der Waals surface area contributed by atoms with Gasteiger partial charge < -0.3 is 10.2 Å². The van der Waals surface area contributed by atoms with Gasteiger partial charge in [0.2, 0.25) is 0 Å². The third kappa shape index (κ3) is 4.03. The van der Waals surface area contributed by atoms with Crippen LogP contribution in [0.15, 0.2) is 30.5 Å². The van der Waals surface area contributed by atoms with Crippen LogP contribution in [0.5, 0.6) is 0 Å². The molecule has 1 amide bonds. The molecule has 0 spiro atoms. The summed E-state index contributed by atoms with van der Waals surface area (Å²) in [5.74, 6) is 1.38. The van der Waals surface area contributed by atoms with Gasteiger partial charge in [0.25, 0.3) is 5.91 Å². The van der Waals surface area contributed by atoms with E-state index >= 15 is 0 Å². The summed E-state index contributed by atoms with van der Waals surface area (Å²) >= 11 is 0. The summed E-state index contributed by atoms with van der Waals surface area (Å²) in [6.07, 6.45) is 5.30. The number of hydrogen-bond acceptors (Lipinski definition) is 5. The molecule has 0 aliphatic carbocycles. The molecule has 1 fully saturated rings. The third-order valence-electron chi connectivity index (χ3n) is 3.87. The molecular formula is C17H21N5O. The van der Waals surface area contributed by atoms with Crippen molar-refractivity contribution in [3.63, 3.8) is 0 Å². The molecule has 0 unspecified atom stereocenters. The molecule has 0 aromatic carbocycles. The highest BCUT2D eigenvalue weighted by atomic mass is 16.1. The van der Waals surface area contributed by atoms with Gasteiger partial charge in [-0.1, -0.05) is 6.07 Å². The van der Waals surface area contributed by atoms with Gasteiger partial charge in [-0.05, 0) is 38.3 Å². The summed E-state index contributed by atoms with van der Waals surface area (Å²) in [6, 6.07) is 7.27. The van der Waals surface area contributed by atoms with Crippen LogP contribution in [0.4, 0.5) is 5.82 Å². The molecule has 1 saturated heterocycles. The Kier molecular flexibility index (Phi) is 4.80. The van der Waals surface area contributed by atoms with Crippen LogP contribution in [-0.2, 0) is 6.54 Å². The second-order valence-electron chi connectivity index (χ2n) is 5.73. The smallest absolute Gasteiger partial charge is 0.270 e. The monoisotopic (exact) mass is 311 g/mol. The number of nitrogens with zero attached hydrogens (tertiary/aromatic N) is 4. The fourth-order valence-electron chi connectivity index (χ4n) is 2.72. The lowest BCUT2D eigenvalue weighted by Gasteiger charge is -2.28. The Balaban J connectivity index is 1.68. The van der Waals surface area contributed by atoms with E-state index in [-0.39, 0.29) is 5.91 Å². The summed E-state index contributed by atoms with van der Waals surface area (Å²) in [5.41, 5.74) is 1.32. The Morgan fingerprint density at radius 2 is 2.04 bits per heavy atom. The summed E-state index contributed by atoms with van der Waals surface area (Å²) < 4.78 is 0. The highest BCUT2D eigenvalue weighted by molar-refractivity contribution is 5.92. The lowest BCUT2D eigenvalue weighted by molar-refractivity contribution is 0.0945. The first-order chi connectivity index (χ1) is 11.2. The molecular weight excluding hydrogens is 290 g/mol. The SMILES string of the molecule is Cc1cc(N2CCCCC2)nc(CNC(=O)c2ccccn2)n1. The molecule has 6 heteroatoms. The Bertz CT molecular complexity index is 668. The predicted octanol–water partition coefficient (Wildman–Crippen LogP) is 2.10. The molecule has 0 radical (unpaired) electrons. The molecule has 1 aliphatic rings. The summed E-state index contributed by atoms with van der Waals surface area (Å²) in [6.45, 7) is 4.34. The number of piperidine rings is 1. The molecule has 3 heterocycles. The van der Waals surface area contributed by atoms with E-state index in [4.69, 9.17) is 0 Å². The number of aryl methyl sites for hydroxylation is 1. The second-order valence-corrected chi connectivity index (χ2v) is 5.73. The van der Waals surface area contributed by atoms with Crippen LogP contribution < -0.4 is 10.2 Å².